The number of ether oxygens (including phenoxy) is 2. The van der Waals surface area contributed by atoms with Gasteiger partial charge in [-0.2, -0.15) is 0 Å². The van der Waals surface area contributed by atoms with Crippen molar-refractivity contribution in [2.24, 2.45) is 0 Å². The van der Waals surface area contributed by atoms with Crippen LogP contribution in [0, 0.1) is 0 Å². The highest BCUT2D eigenvalue weighted by Crippen LogP contribution is 2.36. The van der Waals surface area contributed by atoms with Gasteiger partial charge in [-0.15, -0.1) is 0 Å². The first kappa shape index (κ1) is 32.8. The Morgan fingerprint density at radius 2 is 1.50 bits per heavy atom. The van der Waals surface area contributed by atoms with Gasteiger partial charge in [0.05, 0.1) is 10.6 Å². The molecule has 0 saturated heterocycles. The van der Waals surface area contributed by atoms with Crippen LogP contribution >= 0.6 is 11.6 Å². The van der Waals surface area contributed by atoms with Crippen LogP contribution in [-0.2, 0) is 32.6 Å². The van der Waals surface area contributed by atoms with Gasteiger partial charge in [0.2, 0.25) is 11.8 Å². The number of fused-ring (bicyclic) bond motifs is 1. The number of nitrogens with zero attached hydrogens (tertiary/aromatic N) is 2. The van der Waals surface area contributed by atoms with Crippen LogP contribution in [0.1, 0.15) is 24.5 Å². The van der Waals surface area contributed by atoms with Gasteiger partial charge in [-0.25, -0.2) is 8.42 Å². The maximum Gasteiger partial charge on any atom is 0.264 e. The first-order chi connectivity index (χ1) is 22.3. The van der Waals surface area contributed by atoms with E-state index in [1.807, 2.05) is 37.3 Å². The van der Waals surface area contributed by atoms with Gasteiger partial charge in [0.25, 0.3) is 10.0 Å². The number of sulfonamides is 1. The molecule has 1 atom stereocenters. The Morgan fingerprint density at radius 1 is 0.848 bits per heavy atom. The zero-order valence-electron chi connectivity index (χ0n) is 25.5. The van der Waals surface area contributed by atoms with E-state index in [0.717, 1.165) is 15.4 Å². The van der Waals surface area contributed by atoms with Crippen molar-refractivity contribution in [3.05, 3.63) is 119 Å². The average molecular weight is 662 g/mol. The molecule has 2 amide bonds. The predicted molar refractivity (Wildman–Crippen MR) is 178 cm³/mol. The van der Waals surface area contributed by atoms with Crippen molar-refractivity contribution in [2.75, 3.05) is 30.6 Å². The zero-order valence-corrected chi connectivity index (χ0v) is 27.0. The van der Waals surface area contributed by atoms with Gasteiger partial charge in [-0.05, 0) is 53.9 Å². The summed E-state index contributed by atoms with van der Waals surface area (Å²) in [6.07, 6.45) is 0.938. The first-order valence-electron chi connectivity index (χ1n) is 15.1. The molecular weight excluding hydrogens is 626 g/mol. The van der Waals surface area contributed by atoms with Crippen LogP contribution < -0.4 is 19.1 Å². The van der Waals surface area contributed by atoms with E-state index in [0.29, 0.717) is 42.7 Å². The number of hydrogen-bond acceptors (Lipinski definition) is 6. The summed E-state index contributed by atoms with van der Waals surface area (Å²) in [6, 6.07) is 28.2. The van der Waals surface area contributed by atoms with E-state index in [1.165, 1.54) is 17.0 Å². The summed E-state index contributed by atoms with van der Waals surface area (Å²) in [7, 11) is -4.24. The van der Waals surface area contributed by atoms with E-state index in [4.69, 9.17) is 21.1 Å². The number of anilines is 1. The number of carbonyl (C=O) groups excluding carboxylic acids is 2. The fraction of sp³-hybridized carbons (Fsp3) is 0.257. The highest BCUT2D eigenvalue weighted by atomic mass is 35.5. The third-order valence-electron chi connectivity index (χ3n) is 7.51. The van der Waals surface area contributed by atoms with Crippen molar-refractivity contribution >= 4 is 39.1 Å². The average Bonchev–Trinajstić information content (AvgIpc) is 3.09. The Labute approximate surface area is 274 Å². The molecular formula is C35H36ClN3O6S. The summed E-state index contributed by atoms with van der Waals surface area (Å²) in [4.78, 5) is 29.7. The summed E-state index contributed by atoms with van der Waals surface area (Å²) in [5.74, 6) is -0.0246. The van der Waals surface area contributed by atoms with Crippen LogP contribution in [0.5, 0.6) is 11.5 Å². The summed E-state index contributed by atoms with van der Waals surface area (Å²) in [5, 5.41) is 3.47. The number of halogens is 1. The van der Waals surface area contributed by atoms with Crippen molar-refractivity contribution in [3.8, 4) is 11.5 Å². The SMILES string of the molecule is CCCNC(=O)C(Cc1ccccc1)N(Cc1ccc(Cl)cc1)C(=O)CN(c1ccc2c(c1)OCCO2)S(=O)(=O)c1ccccc1. The maximum absolute atomic E-state index is 14.5. The molecule has 9 nitrogen and oxygen atoms in total. The van der Waals surface area contributed by atoms with Gasteiger partial charge in [0, 0.05) is 30.6 Å². The molecule has 1 N–H and O–H groups in total. The lowest BCUT2D eigenvalue weighted by Crippen LogP contribution is -2.53. The number of amides is 2. The quantitative estimate of drug-likeness (QED) is 0.204. The topological polar surface area (TPSA) is 105 Å². The number of rotatable bonds is 13. The zero-order chi connectivity index (χ0) is 32.5. The van der Waals surface area contributed by atoms with E-state index in [9.17, 15) is 18.0 Å². The fourth-order valence-electron chi connectivity index (χ4n) is 5.14. The van der Waals surface area contributed by atoms with Crippen molar-refractivity contribution in [1.29, 1.82) is 0 Å². The Bertz CT molecular complexity index is 1740. The van der Waals surface area contributed by atoms with Gasteiger partial charge in [-0.1, -0.05) is 79.2 Å². The minimum Gasteiger partial charge on any atom is -0.486 e. The molecule has 0 radical (unpaired) electrons. The standard InChI is InChI=1S/C35H36ClN3O6S/c1-2-19-37-35(41)31(22-26-9-5-3-6-10-26)38(24-27-13-15-28(36)16-14-27)34(40)25-39(46(42,43)30-11-7-4-8-12-30)29-17-18-32-33(23-29)45-21-20-44-32/h3-18,23,31H,2,19-22,24-25H2,1H3,(H,37,41). The number of hydrogen-bond donors (Lipinski definition) is 1. The first-order valence-corrected chi connectivity index (χ1v) is 16.9. The molecule has 0 saturated carbocycles. The second-order valence-corrected chi connectivity index (χ2v) is 13.1. The third kappa shape index (κ3) is 7.99. The molecule has 46 heavy (non-hydrogen) atoms. The highest BCUT2D eigenvalue weighted by Gasteiger charge is 2.35. The van der Waals surface area contributed by atoms with Gasteiger partial charge in [0.15, 0.2) is 11.5 Å². The van der Waals surface area contributed by atoms with Crippen LogP contribution in [0.2, 0.25) is 5.02 Å². The summed E-state index contributed by atoms with van der Waals surface area (Å²) in [5.41, 5.74) is 1.81. The van der Waals surface area contributed by atoms with E-state index < -0.39 is 28.5 Å². The normalized spacial score (nSPS) is 13.0. The molecule has 240 valence electrons. The lowest BCUT2D eigenvalue weighted by atomic mass is 10.0. The second-order valence-electron chi connectivity index (χ2n) is 10.8. The molecule has 4 aromatic rings. The fourth-order valence-corrected chi connectivity index (χ4v) is 6.70. The summed E-state index contributed by atoms with van der Waals surface area (Å²) in [6.45, 7) is 2.54. The molecule has 0 bridgehead atoms. The second kappa shape index (κ2) is 15.2. The molecule has 1 unspecified atom stereocenters. The molecule has 0 spiro atoms. The Balaban J connectivity index is 1.57. The maximum atomic E-state index is 14.5. The monoisotopic (exact) mass is 661 g/mol. The van der Waals surface area contributed by atoms with Crippen molar-refractivity contribution in [3.63, 3.8) is 0 Å². The molecule has 4 aromatic carbocycles. The summed E-state index contributed by atoms with van der Waals surface area (Å²) >= 11 is 6.15. The van der Waals surface area contributed by atoms with Crippen LogP contribution in [0.3, 0.4) is 0 Å². The number of nitrogens with one attached hydrogen (secondary N) is 1. The lowest BCUT2D eigenvalue weighted by Gasteiger charge is -2.34. The van der Waals surface area contributed by atoms with Gasteiger partial charge in [0.1, 0.15) is 25.8 Å². The molecule has 0 aromatic heterocycles. The van der Waals surface area contributed by atoms with Crippen molar-refractivity contribution < 1.29 is 27.5 Å². The molecule has 11 heteroatoms. The van der Waals surface area contributed by atoms with Gasteiger partial charge >= 0.3 is 0 Å². The smallest absolute Gasteiger partial charge is 0.264 e. The van der Waals surface area contributed by atoms with Gasteiger partial charge < -0.3 is 19.7 Å². The largest absolute Gasteiger partial charge is 0.486 e. The van der Waals surface area contributed by atoms with Crippen molar-refractivity contribution in [2.45, 2.75) is 37.2 Å². The molecule has 1 aliphatic heterocycles. The van der Waals surface area contributed by atoms with E-state index in [-0.39, 0.29) is 29.5 Å². The van der Waals surface area contributed by atoms with Gasteiger partial charge in [-0.3, -0.25) is 13.9 Å². The Morgan fingerprint density at radius 3 is 2.17 bits per heavy atom. The van der Waals surface area contributed by atoms with E-state index >= 15 is 0 Å². The van der Waals surface area contributed by atoms with Crippen LogP contribution in [-0.4, -0.2) is 57.5 Å². The summed E-state index contributed by atoms with van der Waals surface area (Å²) < 4.78 is 40.8. The highest BCUT2D eigenvalue weighted by molar-refractivity contribution is 7.92. The predicted octanol–water partition coefficient (Wildman–Crippen LogP) is 5.47. The van der Waals surface area contributed by atoms with Crippen molar-refractivity contribution in [1.82, 2.24) is 10.2 Å². The number of carbonyl (C=O) groups is 2. The number of benzene rings is 4. The van der Waals surface area contributed by atoms with Crippen LogP contribution in [0.15, 0.2) is 108 Å². The third-order valence-corrected chi connectivity index (χ3v) is 9.55. The van der Waals surface area contributed by atoms with Crippen LogP contribution in [0.4, 0.5) is 5.69 Å². The van der Waals surface area contributed by atoms with E-state index in [1.54, 1.807) is 60.7 Å². The van der Waals surface area contributed by atoms with Crippen LogP contribution in [0.25, 0.3) is 0 Å². The molecule has 1 heterocycles. The minimum atomic E-state index is -4.24. The molecule has 0 aliphatic carbocycles. The molecule has 5 rings (SSSR count). The van der Waals surface area contributed by atoms with E-state index in [2.05, 4.69) is 5.32 Å². The lowest BCUT2D eigenvalue weighted by molar-refractivity contribution is -0.140. The molecule has 0 fully saturated rings. The minimum absolute atomic E-state index is 0.0171. The molecule has 1 aliphatic rings. The Hall–Kier alpha value is -4.54. The Kier molecular flexibility index (Phi) is 10.8.